The normalized spacial score (nSPS) is 10.8. The van der Waals surface area contributed by atoms with Crippen LogP contribution >= 0.6 is 11.3 Å². The molecule has 170 valence electrons. The zero-order valence-corrected chi connectivity index (χ0v) is 19.5. The zero-order valence-electron chi connectivity index (χ0n) is 18.7. The molecule has 0 aliphatic rings. The van der Waals surface area contributed by atoms with Crippen molar-refractivity contribution in [3.63, 3.8) is 0 Å². The van der Waals surface area contributed by atoms with E-state index in [-0.39, 0.29) is 5.91 Å². The molecule has 1 aromatic heterocycles. The van der Waals surface area contributed by atoms with Crippen molar-refractivity contribution in [3.05, 3.63) is 64.6 Å². The lowest BCUT2D eigenvalue weighted by Crippen LogP contribution is -2.28. The summed E-state index contributed by atoms with van der Waals surface area (Å²) in [6.07, 6.45) is 0. The molecule has 1 heterocycles. The Kier molecular flexibility index (Phi) is 8.89. The van der Waals surface area contributed by atoms with E-state index in [4.69, 9.17) is 14.2 Å². The molecule has 0 radical (unpaired) electrons. The fourth-order valence-corrected chi connectivity index (χ4v) is 3.65. The SMILES string of the molecule is CCN(CC)CCOc1ccccc1NC(=O)c1ccc(OCc2cscn2)c(OC)c1. The molecule has 1 N–H and O–H groups in total. The lowest BCUT2D eigenvalue weighted by molar-refractivity contribution is 0.102. The van der Waals surface area contributed by atoms with E-state index in [2.05, 4.69) is 29.0 Å². The molecule has 2 aromatic carbocycles. The number of methoxy groups -OCH3 is 1. The van der Waals surface area contributed by atoms with Gasteiger partial charge in [-0.25, -0.2) is 4.98 Å². The summed E-state index contributed by atoms with van der Waals surface area (Å²) in [6.45, 7) is 7.92. The van der Waals surface area contributed by atoms with Crippen molar-refractivity contribution in [1.82, 2.24) is 9.88 Å². The van der Waals surface area contributed by atoms with Crippen molar-refractivity contribution >= 4 is 22.9 Å². The summed E-state index contributed by atoms with van der Waals surface area (Å²) in [4.78, 5) is 19.4. The molecule has 7 nitrogen and oxygen atoms in total. The monoisotopic (exact) mass is 455 g/mol. The highest BCUT2D eigenvalue weighted by atomic mass is 32.1. The second-order valence-corrected chi connectivity index (χ2v) is 7.68. The van der Waals surface area contributed by atoms with Gasteiger partial charge in [0, 0.05) is 17.5 Å². The van der Waals surface area contributed by atoms with E-state index in [1.807, 2.05) is 29.6 Å². The summed E-state index contributed by atoms with van der Waals surface area (Å²) >= 11 is 1.51. The number of likely N-dealkylation sites (N-methyl/N-ethyl adjacent to an activating group) is 1. The Bertz CT molecular complexity index is 991. The molecule has 8 heteroatoms. The minimum absolute atomic E-state index is 0.255. The first-order valence-electron chi connectivity index (χ1n) is 10.6. The maximum Gasteiger partial charge on any atom is 0.255 e. The van der Waals surface area contributed by atoms with E-state index in [9.17, 15) is 4.79 Å². The second-order valence-electron chi connectivity index (χ2n) is 6.96. The molecule has 0 aliphatic carbocycles. The average molecular weight is 456 g/mol. The number of amides is 1. The molecule has 0 saturated heterocycles. The number of para-hydroxylation sites is 2. The summed E-state index contributed by atoms with van der Waals surface area (Å²) in [7, 11) is 1.55. The van der Waals surface area contributed by atoms with Gasteiger partial charge in [0.1, 0.15) is 19.0 Å². The van der Waals surface area contributed by atoms with Crippen LogP contribution in [0.2, 0.25) is 0 Å². The number of hydrogen-bond donors (Lipinski definition) is 1. The smallest absolute Gasteiger partial charge is 0.255 e. The van der Waals surface area contributed by atoms with E-state index >= 15 is 0 Å². The van der Waals surface area contributed by atoms with Gasteiger partial charge in [0.05, 0.1) is 24.0 Å². The third-order valence-corrected chi connectivity index (χ3v) is 5.61. The number of carbonyl (C=O) groups is 1. The van der Waals surface area contributed by atoms with Crippen LogP contribution in [0, 0.1) is 0 Å². The molecular formula is C24H29N3O4S. The van der Waals surface area contributed by atoms with Crippen molar-refractivity contribution in [2.24, 2.45) is 0 Å². The molecule has 32 heavy (non-hydrogen) atoms. The first-order valence-corrected chi connectivity index (χ1v) is 11.5. The lowest BCUT2D eigenvalue weighted by atomic mass is 10.1. The van der Waals surface area contributed by atoms with Crippen molar-refractivity contribution in [2.75, 3.05) is 38.7 Å². The van der Waals surface area contributed by atoms with Crippen LogP contribution in [0.1, 0.15) is 29.9 Å². The quantitative estimate of drug-likeness (QED) is 0.427. The number of rotatable bonds is 12. The van der Waals surface area contributed by atoms with Crippen molar-refractivity contribution in [3.8, 4) is 17.2 Å². The minimum atomic E-state index is -0.255. The molecule has 0 atom stereocenters. The van der Waals surface area contributed by atoms with E-state index in [0.717, 1.165) is 25.3 Å². The third kappa shape index (κ3) is 6.45. The van der Waals surface area contributed by atoms with Crippen molar-refractivity contribution in [2.45, 2.75) is 20.5 Å². The van der Waals surface area contributed by atoms with Crippen molar-refractivity contribution < 1.29 is 19.0 Å². The number of benzene rings is 2. The predicted molar refractivity (Wildman–Crippen MR) is 127 cm³/mol. The van der Waals surface area contributed by atoms with Gasteiger partial charge >= 0.3 is 0 Å². The molecule has 3 rings (SSSR count). The lowest BCUT2D eigenvalue weighted by Gasteiger charge is -2.19. The molecule has 0 aliphatic heterocycles. The Morgan fingerprint density at radius 3 is 2.59 bits per heavy atom. The fourth-order valence-electron chi connectivity index (χ4n) is 3.10. The largest absolute Gasteiger partial charge is 0.493 e. The van der Waals surface area contributed by atoms with Gasteiger partial charge in [0.2, 0.25) is 0 Å². The zero-order chi connectivity index (χ0) is 22.8. The first kappa shape index (κ1) is 23.6. The standard InChI is InChI=1S/C24H29N3O4S/c1-4-27(5-2)12-13-30-21-9-7-6-8-20(21)26-24(28)18-10-11-22(23(14-18)29-3)31-15-19-16-32-17-25-19/h6-11,14,16-17H,4-5,12-13,15H2,1-3H3,(H,26,28). The number of aromatic nitrogens is 1. The van der Waals surface area contributed by atoms with Gasteiger partial charge in [0.15, 0.2) is 11.5 Å². The van der Waals surface area contributed by atoms with Gasteiger partial charge in [0.25, 0.3) is 5.91 Å². The van der Waals surface area contributed by atoms with Crippen LogP contribution in [0.25, 0.3) is 0 Å². The number of hydrogen-bond acceptors (Lipinski definition) is 7. The fraction of sp³-hybridized carbons (Fsp3) is 0.333. The number of carbonyl (C=O) groups excluding carboxylic acids is 1. The summed E-state index contributed by atoms with van der Waals surface area (Å²) in [5, 5.41) is 4.86. The summed E-state index contributed by atoms with van der Waals surface area (Å²) in [6, 6.07) is 12.5. The number of nitrogens with one attached hydrogen (secondary N) is 1. The minimum Gasteiger partial charge on any atom is -0.493 e. The molecule has 3 aromatic rings. The third-order valence-electron chi connectivity index (χ3n) is 4.98. The molecular weight excluding hydrogens is 426 g/mol. The van der Waals surface area contributed by atoms with Crippen LogP contribution in [0.3, 0.4) is 0 Å². The van der Waals surface area contributed by atoms with Gasteiger partial charge in [-0.05, 0) is 43.4 Å². The Morgan fingerprint density at radius 2 is 1.88 bits per heavy atom. The highest BCUT2D eigenvalue weighted by Gasteiger charge is 2.14. The van der Waals surface area contributed by atoms with Crippen LogP contribution in [-0.2, 0) is 6.61 Å². The Labute approximate surface area is 193 Å². The highest BCUT2D eigenvalue weighted by molar-refractivity contribution is 7.07. The number of ether oxygens (including phenoxy) is 3. The second kappa shape index (κ2) is 12.1. The molecule has 0 fully saturated rings. The molecule has 1 amide bonds. The molecule has 0 spiro atoms. The van der Waals surface area contributed by atoms with Gasteiger partial charge in [-0.2, -0.15) is 0 Å². The van der Waals surface area contributed by atoms with Crippen LogP contribution in [0.5, 0.6) is 17.2 Å². The Morgan fingerprint density at radius 1 is 1.06 bits per heavy atom. The predicted octanol–water partition coefficient (Wildman–Crippen LogP) is 4.70. The van der Waals surface area contributed by atoms with Gasteiger partial charge in [-0.3, -0.25) is 4.79 Å². The maximum atomic E-state index is 12.9. The summed E-state index contributed by atoms with van der Waals surface area (Å²) in [5.74, 6) is 1.42. The maximum absolute atomic E-state index is 12.9. The van der Waals surface area contributed by atoms with E-state index < -0.39 is 0 Å². The number of anilines is 1. The summed E-state index contributed by atoms with van der Waals surface area (Å²) < 4.78 is 17.1. The topological polar surface area (TPSA) is 72.9 Å². The molecule has 0 saturated carbocycles. The first-order chi connectivity index (χ1) is 15.6. The van der Waals surface area contributed by atoms with Crippen LogP contribution in [-0.4, -0.2) is 49.1 Å². The van der Waals surface area contributed by atoms with Gasteiger partial charge < -0.3 is 24.4 Å². The van der Waals surface area contributed by atoms with Crippen molar-refractivity contribution in [1.29, 1.82) is 0 Å². The van der Waals surface area contributed by atoms with Gasteiger partial charge in [-0.15, -0.1) is 11.3 Å². The van der Waals surface area contributed by atoms with E-state index in [0.29, 0.717) is 41.7 Å². The Balaban J connectivity index is 1.65. The summed E-state index contributed by atoms with van der Waals surface area (Å²) in [5.41, 5.74) is 3.69. The molecule has 0 unspecified atom stereocenters. The Hall–Kier alpha value is -3.10. The number of thiazole rings is 1. The van der Waals surface area contributed by atoms with Crippen LogP contribution < -0.4 is 19.5 Å². The molecule has 0 bridgehead atoms. The number of nitrogens with zero attached hydrogens (tertiary/aromatic N) is 2. The van der Waals surface area contributed by atoms with Crippen LogP contribution in [0.4, 0.5) is 5.69 Å². The van der Waals surface area contributed by atoms with E-state index in [1.165, 1.54) is 11.3 Å². The van der Waals surface area contributed by atoms with E-state index in [1.54, 1.807) is 30.8 Å². The van der Waals surface area contributed by atoms with Crippen LogP contribution in [0.15, 0.2) is 53.4 Å². The van der Waals surface area contributed by atoms with Gasteiger partial charge in [-0.1, -0.05) is 26.0 Å². The average Bonchev–Trinajstić information content (AvgIpc) is 3.35. The highest BCUT2D eigenvalue weighted by Crippen LogP contribution is 2.30.